The maximum absolute atomic E-state index is 12.9. The maximum Gasteiger partial charge on any atom is 0.410 e. The van der Waals surface area contributed by atoms with Gasteiger partial charge in [0.1, 0.15) is 18.0 Å². The van der Waals surface area contributed by atoms with Crippen LogP contribution >= 0.6 is 0 Å². The lowest BCUT2D eigenvalue weighted by Crippen LogP contribution is -2.58. The summed E-state index contributed by atoms with van der Waals surface area (Å²) in [5.74, 6) is 0.830. The van der Waals surface area contributed by atoms with E-state index in [1.807, 2.05) is 34.9 Å². The summed E-state index contributed by atoms with van der Waals surface area (Å²) in [7, 11) is 4.01. The highest BCUT2D eigenvalue weighted by molar-refractivity contribution is 5.95. The normalized spacial score (nSPS) is 17.5. The molecule has 1 atom stereocenters. The predicted molar refractivity (Wildman–Crippen MR) is 166 cm³/mol. The van der Waals surface area contributed by atoms with Crippen LogP contribution in [0.3, 0.4) is 0 Å². The summed E-state index contributed by atoms with van der Waals surface area (Å²) >= 11 is 0. The third kappa shape index (κ3) is 6.71. The van der Waals surface area contributed by atoms with Crippen molar-refractivity contribution in [3.05, 3.63) is 53.2 Å². The number of ether oxygens (including phenoxy) is 2. The fourth-order valence-electron chi connectivity index (χ4n) is 5.70. The smallest absolute Gasteiger partial charge is 0.410 e. The van der Waals surface area contributed by atoms with Gasteiger partial charge in [0.25, 0.3) is 0 Å². The minimum Gasteiger partial charge on any atom is -0.462 e. The minimum absolute atomic E-state index is 0.163. The molecule has 10 heteroatoms. The summed E-state index contributed by atoms with van der Waals surface area (Å²) in [6.07, 6.45) is 0.376. The number of carbonyl (C=O) groups excluding carboxylic acids is 1. The third-order valence-corrected chi connectivity index (χ3v) is 7.74. The van der Waals surface area contributed by atoms with Crippen LogP contribution in [-0.4, -0.2) is 103 Å². The van der Waals surface area contributed by atoms with Gasteiger partial charge >= 0.3 is 12.1 Å². The summed E-state index contributed by atoms with van der Waals surface area (Å²) in [5, 5.41) is 12.7. The molecular formula is C32H44N6O4. The molecule has 1 amide bonds. The standard InChI is InChI=1S/C32H44N6O4/c1-22-17-23-9-7-8-10-25(23)28(18-22)36-12-11-26-27(20-36)33-30(41-16-15-35(5)6)34-29(26)37-13-14-38(24(19-37)21-39)31(40)42-32(2,3)4/h7-10,17-18,24,39H,11-16,19-21H2,1-6H3. The Morgan fingerprint density at radius 3 is 2.62 bits per heavy atom. The Bertz CT molecular complexity index is 1420. The molecule has 1 saturated heterocycles. The number of hydrogen-bond donors (Lipinski definition) is 1. The van der Waals surface area contributed by atoms with E-state index >= 15 is 0 Å². The third-order valence-electron chi connectivity index (χ3n) is 7.74. The van der Waals surface area contributed by atoms with E-state index in [0.717, 1.165) is 36.6 Å². The van der Waals surface area contributed by atoms with Crippen LogP contribution in [0.15, 0.2) is 36.4 Å². The number of fused-ring (bicyclic) bond motifs is 2. The number of anilines is 2. The molecule has 5 rings (SSSR count). The summed E-state index contributed by atoms with van der Waals surface area (Å²) in [5.41, 5.74) is 3.88. The second kappa shape index (κ2) is 12.3. The van der Waals surface area contributed by atoms with Crippen molar-refractivity contribution < 1.29 is 19.4 Å². The van der Waals surface area contributed by atoms with Gasteiger partial charge < -0.3 is 29.3 Å². The lowest BCUT2D eigenvalue weighted by molar-refractivity contribution is 0.00696. The summed E-state index contributed by atoms with van der Waals surface area (Å²) in [4.78, 5) is 31.0. The van der Waals surface area contributed by atoms with E-state index in [-0.39, 0.29) is 6.61 Å². The highest BCUT2D eigenvalue weighted by Crippen LogP contribution is 2.35. The molecule has 2 aromatic carbocycles. The lowest BCUT2D eigenvalue weighted by Gasteiger charge is -2.42. The van der Waals surface area contributed by atoms with Gasteiger partial charge in [-0.1, -0.05) is 30.3 Å². The summed E-state index contributed by atoms with van der Waals surface area (Å²) in [6.45, 7) is 11.7. The van der Waals surface area contributed by atoms with Crippen molar-refractivity contribution in [1.82, 2.24) is 19.8 Å². The van der Waals surface area contributed by atoms with Crippen LogP contribution in [0, 0.1) is 6.92 Å². The van der Waals surface area contributed by atoms with E-state index < -0.39 is 17.7 Å². The molecule has 0 saturated carbocycles. The van der Waals surface area contributed by atoms with E-state index in [9.17, 15) is 9.90 Å². The quantitative estimate of drug-likeness (QED) is 0.450. The van der Waals surface area contributed by atoms with Gasteiger partial charge in [-0.2, -0.15) is 9.97 Å². The molecule has 0 aliphatic carbocycles. The Hall–Kier alpha value is -3.63. The number of benzene rings is 2. The Morgan fingerprint density at radius 2 is 1.88 bits per heavy atom. The molecule has 1 fully saturated rings. The van der Waals surface area contributed by atoms with E-state index in [1.54, 1.807) is 4.90 Å². The molecule has 226 valence electrons. The van der Waals surface area contributed by atoms with Crippen LogP contribution in [0.2, 0.25) is 0 Å². The van der Waals surface area contributed by atoms with Gasteiger partial charge in [0, 0.05) is 49.4 Å². The first-order valence-electron chi connectivity index (χ1n) is 14.8. The number of aryl methyl sites for hydroxylation is 1. The van der Waals surface area contributed by atoms with Gasteiger partial charge in [-0.05, 0) is 65.2 Å². The molecule has 1 aromatic heterocycles. The van der Waals surface area contributed by atoms with Crippen LogP contribution in [0.5, 0.6) is 6.01 Å². The van der Waals surface area contributed by atoms with Crippen molar-refractivity contribution in [1.29, 1.82) is 0 Å². The molecule has 0 spiro atoms. The SMILES string of the molecule is Cc1cc(N2CCc3c(nc(OCCN(C)C)nc3N3CCN(C(=O)OC(C)(C)C)C(CO)C3)C2)c2ccccc2c1. The number of rotatable bonds is 7. The highest BCUT2D eigenvalue weighted by atomic mass is 16.6. The minimum atomic E-state index is -0.604. The van der Waals surface area contributed by atoms with Crippen molar-refractivity contribution in [2.75, 3.05) is 69.8 Å². The van der Waals surface area contributed by atoms with Crippen molar-refractivity contribution in [2.45, 2.75) is 52.3 Å². The Balaban J connectivity index is 1.45. The average molecular weight is 577 g/mol. The second-order valence-electron chi connectivity index (χ2n) is 12.5. The largest absolute Gasteiger partial charge is 0.462 e. The number of likely N-dealkylation sites (N-methyl/N-ethyl adjacent to an activating group) is 1. The number of hydrogen-bond acceptors (Lipinski definition) is 9. The van der Waals surface area contributed by atoms with Gasteiger partial charge in [-0.25, -0.2) is 4.79 Å². The molecule has 1 N–H and O–H groups in total. The topological polar surface area (TPSA) is 94.5 Å². The molecule has 0 radical (unpaired) electrons. The fraction of sp³-hybridized carbons (Fsp3) is 0.531. The molecule has 0 bridgehead atoms. The number of amides is 1. The van der Waals surface area contributed by atoms with Gasteiger partial charge in [-0.3, -0.25) is 4.90 Å². The van der Waals surface area contributed by atoms with Gasteiger partial charge in [0.2, 0.25) is 0 Å². The Kier molecular flexibility index (Phi) is 8.75. The fourth-order valence-corrected chi connectivity index (χ4v) is 5.70. The van der Waals surface area contributed by atoms with Gasteiger partial charge in [0.05, 0.1) is 24.9 Å². The maximum atomic E-state index is 12.9. The van der Waals surface area contributed by atoms with Crippen molar-refractivity contribution in [2.24, 2.45) is 0 Å². The number of nitrogens with zero attached hydrogens (tertiary/aromatic N) is 6. The van der Waals surface area contributed by atoms with E-state index in [2.05, 4.69) is 58.0 Å². The van der Waals surface area contributed by atoms with Crippen LogP contribution in [0.4, 0.5) is 16.3 Å². The Labute approximate surface area is 248 Å². The summed E-state index contributed by atoms with van der Waals surface area (Å²) in [6, 6.07) is 12.9. The second-order valence-corrected chi connectivity index (χ2v) is 12.5. The summed E-state index contributed by atoms with van der Waals surface area (Å²) < 4.78 is 11.7. The zero-order valence-electron chi connectivity index (χ0n) is 25.8. The molecule has 42 heavy (non-hydrogen) atoms. The number of aromatic nitrogens is 2. The van der Waals surface area contributed by atoms with Crippen molar-refractivity contribution in [3.8, 4) is 6.01 Å². The first-order chi connectivity index (χ1) is 20.0. The van der Waals surface area contributed by atoms with Crippen LogP contribution in [0.25, 0.3) is 10.8 Å². The Morgan fingerprint density at radius 1 is 1.10 bits per heavy atom. The predicted octanol–water partition coefficient (Wildman–Crippen LogP) is 3.86. The molecular weight excluding hydrogens is 532 g/mol. The molecule has 3 aromatic rings. The molecule has 10 nitrogen and oxygen atoms in total. The number of piperazine rings is 1. The number of carbonyl (C=O) groups is 1. The lowest BCUT2D eigenvalue weighted by atomic mass is 10.00. The van der Waals surface area contributed by atoms with Gasteiger partial charge in [0.15, 0.2) is 0 Å². The van der Waals surface area contributed by atoms with Crippen molar-refractivity contribution in [3.63, 3.8) is 0 Å². The van der Waals surface area contributed by atoms with Gasteiger partial charge in [-0.15, -0.1) is 0 Å². The van der Waals surface area contributed by atoms with Crippen molar-refractivity contribution >= 4 is 28.4 Å². The van der Waals surface area contributed by atoms with Crippen LogP contribution in [-0.2, 0) is 17.7 Å². The molecule has 2 aliphatic heterocycles. The first-order valence-corrected chi connectivity index (χ1v) is 14.8. The molecule has 2 aliphatic rings. The average Bonchev–Trinajstić information content (AvgIpc) is 2.94. The van der Waals surface area contributed by atoms with E-state index in [1.165, 1.54) is 22.0 Å². The van der Waals surface area contributed by atoms with E-state index in [4.69, 9.17) is 19.4 Å². The zero-order chi connectivity index (χ0) is 30.0. The van der Waals surface area contributed by atoms with Crippen LogP contribution in [0.1, 0.15) is 37.6 Å². The van der Waals surface area contributed by atoms with E-state index in [0.29, 0.717) is 38.8 Å². The number of aliphatic hydroxyl groups is 1. The highest BCUT2D eigenvalue weighted by Gasteiger charge is 2.35. The number of aliphatic hydroxyl groups excluding tert-OH is 1. The monoisotopic (exact) mass is 576 g/mol. The zero-order valence-corrected chi connectivity index (χ0v) is 25.8. The van der Waals surface area contributed by atoms with Crippen LogP contribution < -0.4 is 14.5 Å². The molecule has 3 heterocycles. The first kappa shape index (κ1) is 29.8. The molecule has 1 unspecified atom stereocenters.